The first kappa shape index (κ1) is 12.0. The lowest BCUT2D eigenvalue weighted by Crippen LogP contribution is -2.34. The molecule has 0 aliphatic heterocycles. The quantitative estimate of drug-likeness (QED) is 0.833. The molecule has 0 saturated heterocycles. The fourth-order valence-corrected chi connectivity index (χ4v) is 1.25. The summed E-state index contributed by atoms with van der Waals surface area (Å²) in [7, 11) is 5.33. The third-order valence-corrected chi connectivity index (χ3v) is 2.44. The van der Waals surface area contributed by atoms with E-state index in [4.69, 9.17) is 0 Å². The number of amides is 1. The number of aromatic nitrogens is 1. The Morgan fingerprint density at radius 1 is 1.40 bits per heavy atom. The van der Waals surface area contributed by atoms with Gasteiger partial charge in [-0.2, -0.15) is 0 Å². The molecule has 0 fully saturated rings. The first-order chi connectivity index (χ1) is 7.00. The van der Waals surface area contributed by atoms with Gasteiger partial charge in [-0.1, -0.05) is 0 Å². The van der Waals surface area contributed by atoms with Crippen LogP contribution in [-0.4, -0.2) is 43.5 Å². The number of hydrogen-bond donors (Lipinski definition) is 0. The van der Waals surface area contributed by atoms with Crippen molar-refractivity contribution in [3.63, 3.8) is 0 Å². The van der Waals surface area contributed by atoms with Gasteiger partial charge in [0, 0.05) is 31.8 Å². The second-order valence-corrected chi connectivity index (χ2v) is 4.39. The van der Waals surface area contributed by atoms with E-state index in [1.807, 2.05) is 24.1 Å². The Hall–Kier alpha value is -1.10. The maximum atomic E-state index is 11.4. The first-order valence-corrected chi connectivity index (χ1v) is 5.33. The summed E-state index contributed by atoms with van der Waals surface area (Å²) < 4.78 is 0.929. The van der Waals surface area contributed by atoms with E-state index in [-0.39, 0.29) is 5.91 Å². The van der Waals surface area contributed by atoms with Crippen molar-refractivity contribution in [2.24, 2.45) is 0 Å². The van der Waals surface area contributed by atoms with Gasteiger partial charge in [-0.15, -0.1) is 0 Å². The molecule has 1 heterocycles. The number of hydrogen-bond acceptors (Lipinski definition) is 3. The van der Waals surface area contributed by atoms with Crippen molar-refractivity contribution in [3.8, 4) is 0 Å². The zero-order valence-electron chi connectivity index (χ0n) is 9.07. The van der Waals surface area contributed by atoms with Crippen LogP contribution < -0.4 is 4.90 Å². The van der Waals surface area contributed by atoms with Gasteiger partial charge in [-0.25, -0.2) is 4.98 Å². The molecule has 15 heavy (non-hydrogen) atoms. The summed E-state index contributed by atoms with van der Waals surface area (Å²) in [6.07, 6.45) is 1.71. The molecular formula is C10H14BrN3O. The molecular weight excluding hydrogens is 258 g/mol. The van der Waals surface area contributed by atoms with Crippen LogP contribution in [0.5, 0.6) is 0 Å². The van der Waals surface area contributed by atoms with Crippen molar-refractivity contribution in [2.75, 3.05) is 32.6 Å². The third kappa shape index (κ3) is 3.51. The second kappa shape index (κ2) is 5.11. The van der Waals surface area contributed by atoms with Gasteiger partial charge in [-0.3, -0.25) is 4.79 Å². The summed E-state index contributed by atoms with van der Waals surface area (Å²) in [5.74, 6) is 0.843. The molecule has 1 aromatic heterocycles. The number of pyridine rings is 1. The van der Waals surface area contributed by atoms with Crippen molar-refractivity contribution in [1.82, 2.24) is 9.88 Å². The summed E-state index contributed by atoms with van der Waals surface area (Å²) in [4.78, 5) is 19.0. The van der Waals surface area contributed by atoms with E-state index in [9.17, 15) is 4.79 Å². The number of rotatable bonds is 3. The second-order valence-electron chi connectivity index (χ2n) is 3.48. The van der Waals surface area contributed by atoms with E-state index in [0.717, 1.165) is 10.3 Å². The van der Waals surface area contributed by atoms with Crippen LogP contribution in [0.1, 0.15) is 0 Å². The number of likely N-dealkylation sites (N-methyl/N-ethyl adjacent to an activating group) is 2. The van der Waals surface area contributed by atoms with Crippen LogP contribution in [0.15, 0.2) is 22.8 Å². The Morgan fingerprint density at radius 3 is 2.53 bits per heavy atom. The van der Waals surface area contributed by atoms with Crippen LogP contribution in [0.3, 0.4) is 0 Å². The summed E-state index contributed by atoms with van der Waals surface area (Å²) in [6, 6.07) is 3.77. The lowest BCUT2D eigenvalue weighted by Gasteiger charge is -2.19. The summed E-state index contributed by atoms with van der Waals surface area (Å²) in [5, 5.41) is 0. The molecule has 82 valence electrons. The predicted octanol–water partition coefficient (Wildman–Crippen LogP) is 1.37. The first-order valence-electron chi connectivity index (χ1n) is 4.53. The minimum Gasteiger partial charge on any atom is -0.350 e. The van der Waals surface area contributed by atoms with Gasteiger partial charge < -0.3 is 9.80 Å². The zero-order valence-corrected chi connectivity index (χ0v) is 10.7. The standard InChI is InChI=1S/C10H14BrN3O/c1-13(2)10(15)7-14(3)9-5-4-8(11)6-12-9/h4-6H,7H2,1-3H3. The zero-order chi connectivity index (χ0) is 11.4. The minimum atomic E-state index is 0.0576. The lowest BCUT2D eigenvalue weighted by atomic mass is 10.4. The van der Waals surface area contributed by atoms with Gasteiger partial charge in [0.25, 0.3) is 0 Å². The van der Waals surface area contributed by atoms with Crippen molar-refractivity contribution in [3.05, 3.63) is 22.8 Å². The van der Waals surface area contributed by atoms with Gasteiger partial charge >= 0.3 is 0 Å². The highest BCUT2D eigenvalue weighted by atomic mass is 79.9. The summed E-state index contributed by atoms with van der Waals surface area (Å²) in [6.45, 7) is 0.335. The van der Waals surface area contributed by atoms with Crippen LogP contribution in [0.25, 0.3) is 0 Å². The van der Waals surface area contributed by atoms with E-state index in [0.29, 0.717) is 6.54 Å². The lowest BCUT2D eigenvalue weighted by molar-refractivity contribution is -0.127. The van der Waals surface area contributed by atoms with Crippen LogP contribution in [0.4, 0.5) is 5.82 Å². The molecule has 5 heteroatoms. The van der Waals surface area contributed by atoms with Crippen LogP contribution in [0.2, 0.25) is 0 Å². The smallest absolute Gasteiger partial charge is 0.241 e. The monoisotopic (exact) mass is 271 g/mol. The predicted molar refractivity (Wildman–Crippen MR) is 63.9 cm³/mol. The Kier molecular flexibility index (Phi) is 4.08. The molecule has 0 spiro atoms. The normalized spacial score (nSPS) is 9.87. The highest BCUT2D eigenvalue weighted by molar-refractivity contribution is 9.10. The van der Waals surface area contributed by atoms with Crippen molar-refractivity contribution in [1.29, 1.82) is 0 Å². The molecule has 0 aromatic carbocycles. The van der Waals surface area contributed by atoms with E-state index < -0.39 is 0 Å². The minimum absolute atomic E-state index is 0.0576. The molecule has 0 bridgehead atoms. The average molecular weight is 272 g/mol. The molecule has 4 nitrogen and oxygen atoms in total. The molecule has 0 saturated carbocycles. The van der Waals surface area contributed by atoms with Gasteiger partial charge in [0.05, 0.1) is 6.54 Å². The molecule has 0 N–H and O–H groups in total. The third-order valence-electron chi connectivity index (χ3n) is 1.97. The molecule has 0 aliphatic rings. The topological polar surface area (TPSA) is 36.4 Å². The van der Waals surface area contributed by atoms with E-state index in [1.165, 1.54) is 0 Å². The molecule has 1 amide bonds. The molecule has 0 unspecified atom stereocenters. The molecule has 1 rings (SSSR count). The number of carbonyl (C=O) groups is 1. The van der Waals surface area contributed by atoms with Gasteiger partial charge in [0.1, 0.15) is 5.82 Å². The van der Waals surface area contributed by atoms with E-state index in [2.05, 4.69) is 20.9 Å². The highest BCUT2D eigenvalue weighted by Gasteiger charge is 2.09. The average Bonchev–Trinajstić information content (AvgIpc) is 2.18. The Labute approximate surface area is 98.0 Å². The van der Waals surface area contributed by atoms with Crippen molar-refractivity contribution in [2.45, 2.75) is 0 Å². The Bertz CT molecular complexity index is 337. The summed E-state index contributed by atoms with van der Waals surface area (Å²) >= 11 is 3.31. The number of nitrogens with zero attached hydrogens (tertiary/aromatic N) is 3. The fourth-order valence-electron chi connectivity index (χ4n) is 1.02. The van der Waals surface area contributed by atoms with Crippen molar-refractivity contribution >= 4 is 27.7 Å². The van der Waals surface area contributed by atoms with Gasteiger partial charge in [0.15, 0.2) is 0 Å². The number of carbonyl (C=O) groups excluding carboxylic acids is 1. The number of anilines is 1. The number of halogens is 1. The SMILES string of the molecule is CN(C)C(=O)CN(C)c1ccc(Br)cn1. The highest BCUT2D eigenvalue weighted by Crippen LogP contribution is 2.13. The Balaban J connectivity index is 2.65. The summed E-state index contributed by atoms with van der Waals surface area (Å²) in [5.41, 5.74) is 0. The van der Waals surface area contributed by atoms with Crippen LogP contribution in [-0.2, 0) is 4.79 Å². The molecule has 1 aromatic rings. The fraction of sp³-hybridized carbons (Fsp3) is 0.400. The molecule has 0 aliphatic carbocycles. The molecule has 0 radical (unpaired) electrons. The van der Waals surface area contributed by atoms with E-state index >= 15 is 0 Å². The van der Waals surface area contributed by atoms with Crippen molar-refractivity contribution < 1.29 is 4.79 Å². The van der Waals surface area contributed by atoms with Gasteiger partial charge in [-0.05, 0) is 28.1 Å². The van der Waals surface area contributed by atoms with E-state index in [1.54, 1.807) is 25.2 Å². The maximum Gasteiger partial charge on any atom is 0.241 e. The van der Waals surface area contributed by atoms with Crippen LogP contribution >= 0.6 is 15.9 Å². The maximum absolute atomic E-state index is 11.4. The molecule has 0 atom stereocenters. The van der Waals surface area contributed by atoms with Gasteiger partial charge in [0.2, 0.25) is 5.91 Å². The Morgan fingerprint density at radius 2 is 2.07 bits per heavy atom. The largest absolute Gasteiger partial charge is 0.350 e. The van der Waals surface area contributed by atoms with Crippen LogP contribution in [0, 0.1) is 0 Å².